The molecule has 0 unspecified atom stereocenters. The van der Waals surface area contributed by atoms with Gasteiger partial charge in [0.2, 0.25) is 0 Å². The molecule has 1 aliphatic carbocycles. The summed E-state index contributed by atoms with van der Waals surface area (Å²) in [5, 5.41) is 12.3. The molecule has 2 heterocycles. The number of rotatable bonds is 2. The Morgan fingerprint density at radius 2 is 1.91 bits per heavy atom. The van der Waals surface area contributed by atoms with Gasteiger partial charge in [0, 0.05) is 32.4 Å². The molecule has 3 nitrogen and oxygen atoms in total. The largest absolute Gasteiger partial charge is 0.512 e. The first-order valence-electron chi connectivity index (χ1n) is 10.6. The minimum Gasteiger partial charge on any atom is -0.512 e. The molecule has 32 heavy (non-hydrogen) atoms. The summed E-state index contributed by atoms with van der Waals surface area (Å²) in [4.78, 5) is 16.3. The standard InChI is InChI=1S/C22H18NS.C5H8O2.Ir/c1-14-10-11-18(21-16-7-3-2-6-15(16)12-13-23-21)22-20(14)17-8-4-5-9-19(17)24-22;1-4(6)3-5(2)7;/h2-3,6-7,10,12-13H,4-5,8-9H2,1H3;3,6H,1-2H3;/q-1;;/b;4-3-;. The predicted octanol–water partition coefficient (Wildman–Crippen LogP) is 7.14. The molecule has 0 aliphatic heterocycles. The molecule has 0 saturated heterocycles. The number of allylic oxidation sites excluding steroid dienone is 2. The minimum absolute atomic E-state index is 0. The van der Waals surface area contributed by atoms with Gasteiger partial charge in [0.05, 0.1) is 5.76 Å². The Morgan fingerprint density at radius 1 is 1.16 bits per heavy atom. The van der Waals surface area contributed by atoms with Gasteiger partial charge in [-0.1, -0.05) is 36.6 Å². The quantitative estimate of drug-likeness (QED) is 0.147. The number of ketones is 1. The second kappa shape index (κ2) is 10.5. The molecule has 1 N–H and O–H groups in total. The van der Waals surface area contributed by atoms with Gasteiger partial charge in [0.1, 0.15) is 0 Å². The number of carbonyl (C=O) groups excluding carboxylic acids is 1. The van der Waals surface area contributed by atoms with Crippen molar-refractivity contribution >= 4 is 38.0 Å². The first-order chi connectivity index (χ1) is 15.0. The fourth-order valence-corrected chi connectivity index (χ4v) is 5.73. The molecule has 4 aromatic rings. The van der Waals surface area contributed by atoms with Crippen LogP contribution in [0.2, 0.25) is 0 Å². The molecule has 5 rings (SSSR count). The summed E-state index contributed by atoms with van der Waals surface area (Å²) < 4.78 is 1.38. The van der Waals surface area contributed by atoms with Gasteiger partial charge in [-0.2, -0.15) is 11.3 Å². The van der Waals surface area contributed by atoms with E-state index >= 15 is 0 Å². The van der Waals surface area contributed by atoms with Crippen LogP contribution in [0.5, 0.6) is 0 Å². The second-order valence-corrected chi connectivity index (χ2v) is 9.14. The number of aryl methyl sites for hydroxylation is 3. The van der Waals surface area contributed by atoms with Crippen molar-refractivity contribution in [2.24, 2.45) is 0 Å². The van der Waals surface area contributed by atoms with Gasteiger partial charge in [-0.3, -0.25) is 4.79 Å². The van der Waals surface area contributed by atoms with E-state index in [4.69, 9.17) is 10.1 Å². The van der Waals surface area contributed by atoms with Crippen LogP contribution in [-0.2, 0) is 37.7 Å². The summed E-state index contributed by atoms with van der Waals surface area (Å²) in [5.41, 5.74) is 5.19. The first kappa shape index (κ1) is 24.3. The van der Waals surface area contributed by atoms with Gasteiger partial charge in [-0.05, 0) is 77.2 Å². The van der Waals surface area contributed by atoms with Gasteiger partial charge >= 0.3 is 0 Å². The van der Waals surface area contributed by atoms with E-state index in [0.29, 0.717) is 0 Å². The Kier molecular flexibility index (Phi) is 8.00. The van der Waals surface area contributed by atoms with E-state index in [-0.39, 0.29) is 31.6 Å². The van der Waals surface area contributed by atoms with Crippen molar-refractivity contribution in [2.75, 3.05) is 0 Å². The Balaban J connectivity index is 0.000000318. The van der Waals surface area contributed by atoms with Crippen LogP contribution in [0.25, 0.3) is 32.1 Å². The van der Waals surface area contributed by atoms with Crippen LogP contribution < -0.4 is 0 Å². The zero-order chi connectivity index (χ0) is 22.0. The molecule has 2 aromatic heterocycles. The normalized spacial score (nSPS) is 13.2. The monoisotopic (exact) mass is 621 g/mol. The van der Waals surface area contributed by atoms with Crippen molar-refractivity contribution in [1.82, 2.24) is 4.98 Å². The van der Waals surface area contributed by atoms with E-state index in [1.54, 1.807) is 10.4 Å². The Labute approximate surface area is 206 Å². The topological polar surface area (TPSA) is 50.2 Å². The molecule has 5 heteroatoms. The number of hydrogen-bond acceptors (Lipinski definition) is 4. The predicted molar refractivity (Wildman–Crippen MR) is 130 cm³/mol. The number of aliphatic hydroxyl groups excluding tert-OH is 1. The average molecular weight is 621 g/mol. The fourth-order valence-electron chi connectivity index (χ4n) is 4.27. The maximum absolute atomic E-state index is 10.0. The minimum atomic E-state index is -0.125. The fraction of sp³-hybridized carbons (Fsp3) is 0.259. The summed E-state index contributed by atoms with van der Waals surface area (Å²) in [7, 11) is 0. The smallest absolute Gasteiger partial charge is 0.155 e. The number of nitrogens with zero attached hydrogens (tertiary/aromatic N) is 1. The number of hydrogen-bond donors (Lipinski definition) is 1. The molecular weight excluding hydrogens is 595 g/mol. The van der Waals surface area contributed by atoms with E-state index in [1.807, 2.05) is 17.5 Å². The number of carbonyl (C=O) groups is 1. The molecule has 0 spiro atoms. The number of aromatic nitrogens is 1. The molecule has 2 aromatic carbocycles. The first-order valence-corrected chi connectivity index (χ1v) is 11.4. The van der Waals surface area contributed by atoms with Crippen molar-refractivity contribution in [3.8, 4) is 11.3 Å². The third-order valence-electron chi connectivity index (χ3n) is 5.55. The molecule has 1 radical (unpaired) electrons. The van der Waals surface area contributed by atoms with E-state index in [0.717, 1.165) is 5.69 Å². The number of fused-ring (bicyclic) bond motifs is 4. The third kappa shape index (κ3) is 5.01. The maximum Gasteiger partial charge on any atom is 0.155 e. The molecule has 0 bridgehead atoms. The van der Waals surface area contributed by atoms with Gasteiger partial charge < -0.3 is 10.1 Å². The zero-order valence-electron chi connectivity index (χ0n) is 18.5. The van der Waals surface area contributed by atoms with E-state index in [9.17, 15) is 4.79 Å². The van der Waals surface area contributed by atoms with Crippen LogP contribution in [0, 0.1) is 13.0 Å². The van der Waals surface area contributed by atoms with Gasteiger partial charge in [-0.15, -0.1) is 23.3 Å². The van der Waals surface area contributed by atoms with Crippen molar-refractivity contribution < 1.29 is 30.0 Å². The molecule has 0 fully saturated rings. The second-order valence-electron chi connectivity index (χ2n) is 8.04. The number of pyridine rings is 1. The van der Waals surface area contributed by atoms with Gasteiger partial charge in [0.15, 0.2) is 5.78 Å². The van der Waals surface area contributed by atoms with Crippen LogP contribution >= 0.6 is 11.3 Å². The van der Waals surface area contributed by atoms with Crippen LogP contribution in [0.15, 0.2) is 54.4 Å². The van der Waals surface area contributed by atoms with E-state index in [1.165, 1.54) is 77.6 Å². The molecule has 0 amide bonds. The summed E-state index contributed by atoms with van der Waals surface area (Å²) in [6.45, 7) is 5.07. The summed E-state index contributed by atoms with van der Waals surface area (Å²) >= 11 is 1.97. The molecule has 0 saturated carbocycles. The van der Waals surface area contributed by atoms with Gasteiger partial charge in [-0.25, -0.2) is 0 Å². The average Bonchev–Trinajstić information content (AvgIpc) is 3.14. The third-order valence-corrected chi connectivity index (χ3v) is 6.86. The summed E-state index contributed by atoms with van der Waals surface area (Å²) in [5.74, 6) is -0.0625. The van der Waals surface area contributed by atoms with E-state index in [2.05, 4.69) is 49.4 Å². The van der Waals surface area contributed by atoms with E-state index < -0.39 is 0 Å². The molecular formula is C27H26IrNO2S-. The Morgan fingerprint density at radius 3 is 2.62 bits per heavy atom. The maximum atomic E-state index is 10.0. The summed E-state index contributed by atoms with van der Waals surface area (Å²) in [6.07, 6.45) is 8.19. The molecule has 0 atom stereocenters. The van der Waals surface area contributed by atoms with Crippen LogP contribution in [0.4, 0.5) is 0 Å². The zero-order valence-corrected chi connectivity index (χ0v) is 21.7. The van der Waals surface area contributed by atoms with Crippen molar-refractivity contribution in [2.45, 2.75) is 46.5 Å². The van der Waals surface area contributed by atoms with Crippen LogP contribution in [0.1, 0.15) is 42.7 Å². The Bertz CT molecular complexity index is 1300. The van der Waals surface area contributed by atoms with Crippen molar-refractivity contribution in [3.05, 3.63) is 76.5 Å². The Hall–Kier alpha value is -2.33. The molecule has 1 aliphatic rings. The molecule has 167 valence electrons. The van der Waals surface area contributed by atoms with Crippen molar-refractivity contribution in [3.63, 3.8) is 0 Å². The van der Waals surface area contributed by atoms with Crippen molar-refractivity contribution in [1.29, 1.82) is 0 Å². The van der Waals surface area contributed by atoms with Crippen LogP contribution in [0.3, 0.4) is 0 Å². The number of benzene rings is 2. The van der Waals surface area contributed by atoms with Crippen LogP contribution in [-0.4, -0.2) is 15.9 Å². The van der Waals surface area contributed by atoms with Gasteiger partial charge in [0.25, 0.3) is 0 Å². The number of aliphatic hydroxyl groups is 1. The number of thiophene rings is 1. The summed E-state index contributed by atoms with van der Waals surface area (Å²) in [6, 6.07) is 16.3. The SMILES string of the molecule is CC(=O)/C=C(/C)O.Cc1c[c-]c(-c2nccc3ccccc23)c2sc3c(c12)CCCC3.[Ir].